The van der Waals surface area contributed by atoms with Crippen molar-refractivity contribution >= 4 is 132 Å². The van der Waals surface area contributed by atoms with Crippen LogP contribution in [0.4, 0.5) is 0 Å². The van der Waals surface area contributed by atoms with Crippen molar-refractivity contribution in [3.05, 3.63) is 59.7 Å². The van der Waals surface area contributed by atoms with Crippen LogP contribution in [0.3, 0.4) is 0 Å². The lowest BCUT2D eigenvalue weighted by molar-refractivity contribution is -0.142. The van der Waals surface area contributed by atoms with Gasteiger partial charge in [0.15, 0.2) is 5.96 Å². The maximum absolute atomic E-state index is 14.7. The largest absolute Gasteiger partial charge is 0.508 e. The second kappa shape index (κ2) is 57.1. The van der Waals surface area contributed by atoms with E-state index >= 15 is 0 Å². The van der Waals surface area contributed by atoms with Crippen LogP contribution in [0, 0.1) is 17.2 Å². The molecule has 1 saturated heterocycles. The summed E-state index contributed by atoms with van der Waals surface area (Å²) >= 11 is 8.81. The lowest BCUT2D eigenvalue weighted by Gasteiger charge is -2.34. The SMILES string of the molecule is CC[C@H](C)[C@H](NC(=O)[C@@H]1CCCN1C(=O)[C@@H](N)C(C)C)C(=O)N[C@H](C(=O)N[C@@H](Cc1ccc(O)cc1)C(=O)N[C@H](C(=O)N[C@@H](CC(N)=O)C(=O)N[C@@H](CCCNC(=N)N)C(=O)N[C@@H](CCN)C(=O)N[C@H](C(=O)N[C@H](CCN)C(=O)N[C@@H](CCCCN)C(=O)N[C@@H](CCN)C(=O)N[C@@H](CCN)C(=O)N[C@@H](CS)C(=O)N[C@@H](Cc1ccc(O)cc1)C(=O)O)[C@@H](C)O)[C@@H](C)O)C(C)(C)S. The van der Waals surface area contributed by atoms with Crippen molar-refractivity contribution in [1.82, 2.24) is 84.7 Å². The number of aliphatic carboxylic acids is 1. The molecular formula is C82H137N25O22S2. The number of aliphatic hydroxyl groups excluding tert-OH is 2. The van der Waals surface area contributed by atoms with E-state index in [2.05, 4.69) is 105 Å². The van der Waals surface area contributed by atoms with Crippen molar-refractivity contribution in [2.75, 3.05) is 51.6 Å². The van der Waals surface area contributed by atoms with Gasteiger partial charge in [-0.3, -0.25) is 82.1 Å². The van der Waals surface area contributed by atoms with Gasteiger partial charge in [0, 0.05) is 36.4 Å². The summed E-state index contributed by atoms with van der Waals surface area (Å²) in [5, 5.41) is 96.7. The number of phenolic OH excluding ortho intramolecular Hbond substituents is 2. The minimum absolute atomic E-state index is 0.0822. The number of phenols is 2. The van der Waals surface area contributed by atoms with Gasteiger partial charge in [-0.15, -0.1) is 0 Å². The van der Waals surface area contributed by atoms with Gasteiger partial charge in [0.2, 0.25) is 94.5 Å². The summed E-state index contributed by atoms with van der Waals surface area (Å²) in [4.78, 5) is 240. The van der Waals surface area contributed by atoms with Crippen molar-refractivity contribution in [2.45, 2.75) is 265 Å². The first-order valence-electron chi connectivity index (χ1n) is 43.3. The molecule has 49 heteroatoms. The van der Waals surface area contributed by atoms with Gasteiger partial charge in [0.05, 0.1) is 24.7 Å². The number of carboxylic acid groups (broad SMARTS) is 1. The fraction of sp³-hybridized carbons (Fsp3) is 0.634. The maximum atomic E-state index is 14.7. The molecule has 0 radical (unpaired) electrons. The number of nitrogens with zero attached hydrogens (tertiary/aromatic N) is 1. The average molecular weight is 1890 g/mol. The van der Waals surface area contributed by atoms with Gasteiger partial charge in [-0.05, 0) is 178 Å². The molecule has 0 bridgehead atoms. The molecule has 2 aromatic rings. The Morgan fingerprint density at radius 3 is 1.21 bits per heavy atom. The van der Waals surface area contributed by atoms with Crippen LogP contribution in [-0.4, -0.2) is 302 Å². The summed E-state index contributed by atoms with van der Waals surface area (Å²) in [5.41, 5.74) is 47.4. The normalized spacial score (nSPS) is 16.7. The predicted molar refractivity (Wildman–Crippen MR) is 486 cm³/mol. The summed E-state index contributed by atoms with van der Waals surface area (Å²) < 4.78 is -1.45. The second-order valence-electron chi connectivity index (χ2n) is 33.0. The van der Waals surface area contributed by atoms with Crippen molar-refractivity contribution in [3.8, 4) is 11.5 Å². The number of rotatable bonds is 59. The first-order valence-corrected chi connectivity index (χ1v) is 44.4. The number of aliphatic hydroxyl groups is 2. The lowest BCUT2D eigenvalue weighted by atomic mass is 9.95. The number of benzene rings is 2. The smallest absolute Gasteiger partial charge is 0.326 e. The third kappa shape index (κ3) is 38.6. The molecule has 1 heterocycles. The molecule has 0 aliphatic carbocycles. The highest BCUT2D eigenvalue weighted by Crippen LogP contribution is 2.24. The van der Waals surface area contributed by atoms with Crippen LogP contribution in [0.1, 0.15) is 150 Å². The number of carbonyl (C=O) groups excluding carboxylic acids is 16. The monoisotopic (exact) mass is 1890 g/mol. The molecule has 3 rings (SSSR count). The molecule has 1 aliphatic heterocycles. The Hall–Kier alpha value is -11.3. The van der Waals surface area contributed by atoms with Gasteiger partial charge in [0.25, 0.3) is 0 Å². The number of unbranched alkanes of at least 4 members (excludes halogenated alkanes) is 1. The number of aromatic hydroxyl groups is 2. The molecule has 1 fully saturated rings. The van der Waals surface area contributed by atoms with Crippen LogP contribution in [0.2, 0.25) is 0 Å². The molecule has 47 nitrogen and oxygen atoms in total. The first kappa shape index (κ1) is 114. The van der Waals surface area contributed by atoms with Crippen molar-refractivity contribution < 1.29 is 107 Å². The molecule has 0 unspecified atom stereocenters. The number of carboxylic acids is 1. The zero-order chi connectivity index (χ0) is 98.9. The van der Waals surface area contributed by atoms with Crippen LogP contribution in [0.5, 0.6) is 11.5 Å². The van der Waals surface area contributed by atoms with E-state index in [1.54, 1.807) is 27.7 Å². The highest BCUT2D eigenvalue weighted by atomic mass is 32.1. The Kier molecular flexibility index (Phi) is 49.6. The standard InChI is InChI=1S/C82H137N25O22S2/c1-9-41(4)61(103-74(122)58-16-13-35-107(58)79(127)60(89)40(2)3)75(123)106-64(82(7,8)131)78(126)100-54(36-44-17-21-46(110)22-18-44)72(120)105-63(43(6)109)77(125)99-55(38-59(88)112)71(119)94-49(15-12-34-92-81(90)91)66(114)97-53(28-33-87)70(118)104-62(42(5)108)76(124)98-52(27-32-86)68(116)93-48(14-10-11-29-83)65(113)95-50(25-30-84)67(115)96-51(26-31-85)69(117)102-57(39-130)73(121)101-56(80(128)129)37-45-19-23-47(111)24-20-45/h17-24,40-43,48-58,60-64,108-111,130-131H,9-16,25-39,83-87,89H2,1-8H3,(H2,88,112)(H,93,116)(H,94,119)(H,95,113)(H,96,115)(H,97,114)(H,98,124)(H,99,125)(H,100,126)(H,101,121)(H,102,117)(H,103,122)(H,104,118)(H,105,120)(H,106,123)(H,128,129)(H4,90,91,92)/t41-,42+,43+,48-,49-,50-,51-,52+,53-,54-,55-,56-,57-,58-,60-,61-,62-,63-,64+/m0/s1. The third-order valence-electron chi connectivity index (χ3n) is 21.4. The van der Waals surface area contributed by atoms with Gasteiger partial charge in [-0.2, -0.15) is 25.3 Å². The molecule has 734 valence electrons. The fourth-order valence-corrected chi connectivity index (χ4v) is 14.0. The minimum atomic E-state index is -2.06. The Balaban J connectivity index is 1.92. The van der Waals surface area contributed by atoms with Crippen LogP contribution in [0.25, 0.3) is 0 Å². The molecule has 0 aromatic heterocycles. The summed E-state index contributed by atoms with van der Waals surface area (Å²) in [6.07, 6.45) is -5.53. The van der Waals surface area contributed by atoms with E-state index in [1.165, 1.54) is 67.3 Å². The summed E-state index contributed by atoms with van der Waals surface area (Å²) in [7, 11) is 0. The molecule has 37 N–H and O–H groups in total. The van der Waals surface area contributed by atoms with Crippen molar-refractivity contribution in [3.63, 3.8) is 0 Å². The molecule has 2 aromatic carbocycles. The van der Waals surface area contributed by atoms with Crippen LogP contribution in [0.15, 0.2) is 48.5 Å². The zero-order valence-electron chi connectivity index (χ0n) is 75.1. The number of hydrogen-bond acceptors (Lipinski definition) is 30. The molecule has 16 amide bonds. The van der Waals surface area contributed by atoms with Crippen molar-refractivity contribution in [2.24, 2.45) is 57.7 Å². The third-order valence-corrected chi connectivity index (χ3v) is 22.0. The topological polar surface area (TPSA) is 807 Å². The first-order chi connectivity index (χ1) is 61.6. The Morgan fingerprint density at radius 2 is 0.824 bits per heavy atom. The highest BCUT2D eigenvalue weighted by molar-refractivity contribution is 7.81. The molecule has 0 saturated carbocycles. The highest BCUT2D eigenvalue weighted by Gasteiger charge is 2.44. The summed E-state index contributed by atoms with van der Waals surface area (Å²) in [5.74, 6) is -19.8. The minimum Gasteiger partial charge on any atom is -0.508 e. The van der Waals surface area contributed by atoms with Gasteiger partial charge in [0.1, 0.15) is 102 Å². The number of nitrogens with one attached hydrogen (secondary N) is 16. The number of thiol groups is 2. The number of guanidine groups is 1. The Labute approximate surface area is 770 Å². The second-order valence-corrected chi connectivity index (χ2v) is 34.5. The number of amides is 16. The molecular weight excluding hydrogens is 1750 g/mol. The number of carbonyl (C=O) groups is 17. The number of primary amides is 1. The van der Waals surface area contributed by atoms with Gasteiger partial charge in [-0.25, -0.2) is 4.79 Å². The number of nitrogens with two attached hydrogens (primary N) is 8. The van der Waals surface area contributed by atoms with Crippen LogP contribution < -0.4 is 126 Å². The average Bonchev–Trinajstić information content (AvgIpc) is 1.75. The number of hydrogen-bond donors (Lipinski definition) is 31. The predicted octanol–water partition coefficient (Wildman–Crippen LogP) is -9.16. The van der Waals surface area contributed by atoms with E-state index in [4.69, 9.17) is 51.3 Å². The van der Waals surface area contributed by atoms with E-state index in [-0.39, 0.29) is 127 Å². The maximum Gasteiger partial charge on any atom is 0.326 e. The van der Waals surface area contributed by atoms with E-state index in [0.717, 1.165) is 13.8 Å². The summed E-state index contributed by atoms with van der Waals surface area (Å²) in [6.45, 7) is 11.2. The Morgan fingerprint density at radius 1 is 0.466 bits per heavy atom. The molecule has 0 spiro atoms. The molecule has 131 heavy (non-hydrogen) atoms. The van der Waals surface area contributed by atoms with Crippen LogP contribution >= 0.6 is 25.3 Å². The lowest BCUT2D eigenvalue weighted by Crippen LogP contribution is -2.64. The van der Waals surface area contributed by atoms with Gasteiger partial charge in [-0.1, -0.05) is 58.4 Å². The van der Waals surface area contributed by atoms with Gasteiger partial charge < -0.3 is 156 Å². The quantitative estimate of drug-likeness (QED) is 0.0127. The van der Waals surface area contributed by atoms with E-state index in [9.17, 15) is 107 Å². The summed E-state index contributed by atoms with van der Waals surface area (Å²) in [6, 6.07) is -14.2. The van der Waals surface area contributed by atoms with Gasteiger partial charge >= 0.3 is 5.97 Å². The van der Waals surface area contributed by atoms with E-state index in [1.807, 2.05) is 0 Å². The number of likely N-dealkylation sites (tertiary alicyclic amines) is 1. The fourth-order valence-electron chi connectivity index (χ4n) is 13.6. The van der Waals surface area contributed by atoms with E-state index < -0.39 is 245 Å². The Bertz CT molecular complexity index is 4170. The van der Waals surface area contributed by atoms with E-state index in [0.29, 0.717) is 30.4 Å². The molecule has 1 aliphatic rings. The molecule has 19 atom stereocenters. The van der Waals surface area contributed by atoms with Crippen molar-refractivity contribution in [1.29, 1.82) is 5.41 Å². The van der Waals surface area contributed by atoms with Crippen LogP contribution in [-0.2, 0) is 94.3 Å². The zero-order valence-corrected chi connectivity index (χ0v) is 76.9.